The average molecular weight is 135 g/mol. The van der Waals surface area contributed by atoms with Crippen molar-refractivity contribution >= 4 is 6.21 Å². The fraction of sp³-hybridized carbons (Fsp3) is 0.667. The third-order valence-electron chi connectivity index (χ3n) is 2.46. The fourth-order valence-electron chi connectivity index (χ4n) is 1.82. The number of hydrogen-bond donors (Lipinski definition) is 0. The normalized spacial score (nSPS) is 24.8. The van der Waals surface area contributed by atoms with Crippen LogP contribution in [0.2, 0.25) is 0 Å². The lowest BCUT2D eigenvalue weighted by Gasteiger charge is -2.20. The highest BCUT2D eigenvalue weighted by atomic mass is 14.7. The summed E-state index contributed by atoms with van der Waals surface area (Å²) in [6.45, 7) is 1.01. The summed E-state index contributed by atoms with van der Waals surface area (Å²) in [5, 5.41) is 0. The number of dihydropyridines is 1. The molecular formula is C9H13N. The second kappa shape index (κ2) is 2.57. The topological polar surface area (TPSA) is 12.4 Å². The maximum Gasteiger partial charge on any atom is 0.0598 e. The lowest BCUT2D eigenvalue weighted by Crippen LogP contribution is -2.07. The first-order valence-corrected chi connectivity index (χ1v) is 4.15. The van der Waals surface area contributed by atoms with E-state index in [1.807, 2.05) is 0 Å². The molecule has 1 aliphatic heterocycles. The van der Waals surface area contributed by atoms with Crippen LogP contribution in [0.25, 0.3) is 0 Å². The van der Waals surface area contributed by atoms with Crippen LogP contribution in [-0.4, -0.2) is 12.8 Å². The molecule has 0 bridgehead atoms. The zero-order chi connectivity index (χ0) is 6.81. The third kappa shape index (κ3) is 1.00. The van der Waals surface area contributed by atoms with Gasteiger partial charge in [0.15, 0.2) is 0 Å². The molecule has 2 aliphatic rings. The van der Waals surface area contributed by atoms with Crippen molar-refractivity contribution in [2.45, 2.75) is 32.1 Å². The fourth-order valence-corrected chi connectivity index (χ4v) is 1.82. The van der Waals surface area contributed by atoms with Crippen LogP contribution in [0, 0.1) is 0 Å². The zero-order valence-corrected chi connectivity index (χ0v) is 6.27. The number of aliphatic imine (C=N–C) groups is 1. The van der Waals surface area contributed by atoms with Gasteiger partial charge >= 0.3 is 0 Å². The molecule has 0 aromatic heterocycles. The van der Waals surface area contributed by atoms with Crippen molar-refractivity contribution < 1.29 is 0 Å². The molecule has 1 aliphatic carbocycles. The Morgan fingerprint density at radius 1 is 1.10 bits per heavy atom. The molecule has 10 heavy (non-hydrogen) atoms. The van der Waals surface area contributed by atoms with Crippen LogP contribution in [0.3, 0.4) is 0 Å². The summed E-state index contributed by atoms with van der Waals surface area (Å²) in [6.07, 6.45) is 8.70. The lowest BCUT2D eigenvalue weighted by atomic mass is 9.89. The van der Waals surface area contributed by atoms with Gasteiger partial charge in [0.25, 0.3) is 0 Å². The van der Waals surface area contributed by atoms with Gasteiger partial charge in [0.2, 0.25) is 0 Å². The Morgan fingerprint density at radius 3 is 2.70 bits per heavy atom. The molecule has 0 saturated carbocycles. The molecule has 0 saturated heterocycles. The minimum absolute atomic E-state index is 1.01. The van der Waals surface area contributed by atoms with Crippen molar-refractivity contribution in [3.05, 3.63) is 11.1 Å². The van der Waals surface area contributed by atoms with E-state index in [2.05, 4.69) is 11.2 Å². The SMILES string of the molecule is C1=NCC2=C(C1)CCCC2. The predicted octanol–water partition coefficient (Wildman–Crippen LogP) is 2.33. The van der Waals surface area contributed by atoms with Crippen LogP contribution in [-0.2, 0) is 0 Å². The maximum absolute atomic E-state index is 4.28. The Balaban J connectivity index is 2.17. The molecule has 2 rings (SSSR count). The first-order chi connectivity index (χ1) is 4.97. The van der Waals surface area contributed by atoms with Gasteiger partial charge in [-0.1, -0.05) is 5.57 Å². The zero-order valence-electron chi connectivity index (χ0n) is 6.27. The number of rotatable bonds is 0. The van der Waals surface area contributed by atoms with Crippen LogP contribution in [0.15, 0.2) is 16.1 Å². The molecule has 1 nitrogen and oxygen atoms in total. The summed E-state index contributed by atoms with van der Waals surface area (Å²) in [5.41, 5.74) is 3.34. The lowest BCUT2D eigenvalue weighted by molar-refractivity contribution is 0.651. The molecule has 0 radical (unpaired) electrons. The highest BCUT2D eigenvalue weighted by molar-refractivity contribution is 5.64. The monoisotopic (exact) mass is 135 g/mol. The van der Waals surface area contributed by atoms with Crippen molar-refractivity contribution in [2.24, 2.45) is 4.99 Å². The number of hydrogen-bond acceptors (Lipinski definition) is 1. The molecular weight excluding hydrogens is 122 g/mol. The van der Waals surface area contributed by atoms with Crippen molar-refractivity contribution in [3.8, 4) is 0 Å². The Bertz CT molecular complexity index is 169. The van der Waals surface area contributed by atoms with Gasteiger partial charge in [-0.3, -0.25) is 4.99 Å². The molecule has 0 aromatic carbocycles. The number of nitrogens with zero attached hydrogens (tertiary/aromatic N) is 1. The minimum atomic E-state index is 1.01. The Kier molecular flexibility index (Phi) is 1.58. The number of allylic oxidation sites excluding steroid dienone is 1. The largest absolute Gasteiger partial charge is 0.293 e. The molecule has 0 aromatic rings. The molecule has 0 N–H and O–H groups in total. The molecule has 0 amide bonds. The Hall–Kier alpha value is -0.590. The summed E-state index contributed by atoms with van der Waals surface area (Å²) in [5.74, 6) is 0. The summed E-state index contributed by atoms with van der Waals surface area (Å²) in [6, 6.07) is 0. The van der Waals surface area contributed by atoms with Crippen molar-refractivity contribution in [1.29, 1.82) is 0 Å². The predicted molar refractivity (Wildman–Crippen MR) is 43.5 cm³/mol. The van der Waals surface area contributed by atoms with E-state index in [1.54, 1.807) is 11.1 Å². The molecule has 0 fully saturated rings. The van der Waals surface area contributed by atoms with Crippen LogP contribution in [0.4, 0.5) is 0 Å². The van der Waals surface area contributed by atoms with Gasteiger partial charge < -0.3 is 0 Å². The molecule has 0 spiro atoms. The van der Waals surface area contributed by atoms with E-state index >= 15 is 0 Å². The van der Waals surface area contributed by atoms with Crippen LogP contribution < -0.4 is 0 Å². The van der Waals surface area contributed by atoms with E-state index < -0.39 is 0 Å². The minimum Gasteiger partial charge on any atom is -0.293 e. The summed E-state index contributed by atoms with van der Waals surface area (Å²) in [7, 11) is 0. The highest BCUT2D eigenvalue weighted by Crippen LogP contribution is 2.28. The summed E-state index contributed by atoms with van der Waals surface area (Å²) < 4.78 is 0. The molecule has 1 heterocycles. The van der Waals surface area contributed by atoms with E-state index in [4.69, 9.17) is 0 Å². The van der Waals surface area contributed by atoms with Gasteiger partial charge in [0, 0.05) is 12.6 Å². The quantitative estimate of drug-likeness (QED) is 0.452. The van der Waals surface area contributed by atoms with Crippen molar-refractivity contribution in [3.63, 3.8) is 0 Å². The second-order valence-electron chi connectivity index (χ2n) is 3.14. The van der Waals surface area contributed by atoms with Crippen LogP contribution in [0.5, 0.6) is 0 Å². The first kappa shape index (κ1) is 6.14. The smallest absolute Gasteiger partial charge is 0.0598 e. The van der Waals surface area contributed by atoms with E-state index in [0.717, 1.165) is 13.0 Å². The molecule has 0 unspecified atom stereocenters. The maximum atomic E-state index is 4.28. The van der Waals surface area contributed by atoms with Gasteiger partial charge in [-0.25, -0.2) is 0 Å². The summed E-state index contributed by atoms with van der Waals surface area (Å²) in [4.78, 5) is 4.28. The van der Waals surface area contributed by atoms with E-state index in [1.165, 1.54) is 25.7 Å². The standard InChI is InChI=1S/C9H13N/c1-2-4-9-7-10-6-5-8(9)3-1/h6H,1-5,7H2. The van der Waals surface area contributed by atoms with Gasteiger partial charge in [-0.05, 0) is 31.3 Å². The van der Waals surface area contributed by atoms with Crippen molar-refractivity contribution in [2.75, 3.05) is 6.54 Å². The average Bonchev–Trinajstić information content (AvgIpc) is 2.05. The van der Waals surface area contributed by atoms with E-state index in [-0.39, 0.29) is 0 Å². The Labute approximate surface area is 61.9 Å². The van der Waals surface area contributed by atoms with Gasteiger partial charge in [-0.2, -0.15) is 0 Å². The van der Waals surface area contributed by atoms with Crippen LogP contribution >= 0.6 is 0 Å². The van der Waals surface area contributed by atoms with E-state index in [0.29, 0.717) is 0 Å². The molecule has 1 heteroatoms. The molecule has 0 atom stereocenters. The third-order valence-corrected chi connectivity index (χ3v) is 2.46. The van der Waals surface area contributed by atoms with Gasteiger partial charge in [0.1, 0.15) is 0 Å². The first-order valence-electron chi connectivity index (χ1n) is 4.15. The van der Waals surface area contributed by atoms with Gasteiger partial charge in [-0.15, -0.1) is 0 Å². The Morgan fingerprint density at radius 2 is 1.90 bits per heavy atom. The van der Waals surface area contributed by atoms with E-state index in [9.17, 15) is 0 Å². The summed E-state index contributed by atoms with van der Waals surface area (Å²) >= 11 is 0. The second-order valence-corrected chi connectivity index (χ2v) is 3.14. The van der Waals surface area contributed by atoms with Crippen LogP contribution in [0.1, 0.15) is 32.1 Å². The van der Waals surface area contributed by atoms with Crippen molar-refractivity contribution in [1.82, 2.24) is 0 Å². The highest BCUT2D eigenvalue weighted by Gasteiger charge is 2.12. The van der Waals surface area contributed by atoms with Gasteiger partial charge in [0.05, 0.1) is 6.54 Å². The molecule has 54 valence electrons.